The Balaban J connectivity index is 1.61. The van der Waals surface area contributed by atoms with Gasteiger partial charge in [0.2, 0.25) is 5.91 Å². The number of esters is 1. The number of aryl methyl sites for hydroxylation is 1. The van der Waals surface area contributed by atoms with Crippen LogP contribution in [-0.2, 0) is 32.1 Å². The predicted molar refractivity (Wildman–Crippen MR) is 122 cm³/mol. The normalized spacial score (nSPS) is 11.3. The Morgan fingerprint density at radius 1 is 0.906 bits per heavy atom. The molecule has 2 N–H and O–H groups in total. The summed E-state index contributed by atoms with van der Waals surface area (Å²) in [6, 6.07) is 16.6. The average molecular weight is 441 g/mol. The molecule has 0 heterocycles. The molecule has 7 heteroatoms. The van der Waals surface area contributed by atoms with Gasteiger partial charge in [-0.15, -0.1) is 0 Å². The summed E-state index contributed by atoms with van der Waals surface area (Å²) in [4.78, 5) is 36.0. The maximum atomic E-state index is 12.3. The lowest BCUT2D eigenvalue weighted by Crippen LogP contribution is -2.43. The van der Waals surface area contributed by atoms with E-state index in [1.807, 2.05) is 61.5 Å². The molecule has 32 heavy (non-hydrogen) atoms. The summed E-state index contributed by atoms with van der Waals surface area (Å²) in [6.07, 6.45) is 2.40. The highest BCUT2D eigenvalue weighted by Crippen LogP contribution is 2.08. The van der Waals surface area contributed by atoms with Crippen LogP contribution in [0.5, 0.6) is 0 Å². The first-order valence-corrected chi connectivity index (χ1v) is 10.8. The van der Waals surface area contributed by atoms with Gasteiger partial charge in [-0.1, -0.05) is 66.6 Å². The van der Waals surface area contributed by atoms with Gasteiger partial charge in [-0.2, -0.15) is 0 Å². The van der Waals surface area contributed by atoms with Crippen molar-refractivity contribution in [2.75, 3.05) is 13.7 Å². The maximum absolute atomic E-state index is 12.3. The first-order valence-electron chi connectivity index (χ1n) is 10.8. The number of benzene rings is 2. The number of carbonyl (C=O) groups is 3. The summed E-state index contributed by atoms with van der Waals surface area (Å²) in [7, 11) is 1.31. The van der Waals surface area contributed by atoms with Gasteiger partial charge in [-0.3, -0.25) is 4.79 Å². The van der Waals surface area contributed by atoms with Gasteiger partial charge in [0, 0.05) is 19.4 Å². The molecule has 7 nitrogen and oxygen atoms in total. The molecule has 0 bridgehead atoms. The lowest BCUT2D eigenvalue weighted by atomic mass is 10.0. The molecule has 0 unspecified atom stereocenters. The van der Waals surface area contributed by atoms with Gasteiger partial charge in [-0.05, 0) is 30.9 Å². The molecule has 2 rings (SSSR count). The molecular formula is C25H32N2O5. The molecule has 0 radical (unpaired) electrons. The monoisotopic (exact) mass is 440 g/mol. The highest BCUT2D eigenvalue weighted by Gasteiger charge is 2.21. The van der Waals surface area contributed by atoms with E-state index in [0.717, 1.165) is 29.5 Å². The Morgan fingerprint density at radius 2 is 1.62 bits per heavy atom. The van der Waals surface area contributed by atoms with E-state index in [4.69, 9.17) is 9.47 Å². The number of alkyl carbamates (subject to hydrolysis) is 1. The van der Waals surface area contributed by atoms with E-state index in [-0.39, 0.29) is 12.5 Å². The van der Waals surface area contributed by atoms with Gasteiger partial charge in [0.25, 0.3) is 0 Å². The van der Waals surface area contributed by atoms with E-state index in [0.29, 0.717) is 25.8 Å². The summed E-state index contributed by atoms with van der Waals surface area (Å²) < 4.78 is 9.98. The zero-order chi connectivity index (χ0) is 23.2. The van der Waals surface area contributed by atoms with Crippen LogP contribution < -0.4 is 10.6 Å². The lowest BCUT2D eigenvalue weighted by Gasteiger charge is -2.17. The summed E-state index contributed by atoms with van der Waals surface area (Å²) >= 11 is 0. The van der Waals surface area contributed by atoms with Crippen LogP contribution in [0.4, 0.5) is 4.79 Å². The van der Waals surface area contributed by atoms with Crippen LogP contribution in [0.2, 0.25) is 0 Å². The minimum absolute atomic E-state index is 0.192. The molecule has 0 aliphatic rings. The zero-order valence-electron chi connectivity index (χ0n) is 18.8. The van der Waals surface area contributed by atoms with E-state index in [1.54, 1.807) is 0 Å². The van der Waals surface area contributed by atoms with E-state index >= 15 is 0 Å². The van der Waals surface area contributed by atoms with Crippen LogP contribution in [0, 0.1) is 6.92 Å². The molecule has 1 atom stereocenters. The average Bonchev–Trinajstić information content (AvgIpc) is 2.81. The number of carbonyl (C=O) groups excluding carboxylic acids is 3. The van der Waals surface area contributed by atoms with Crippen molar-refractivity contribution in [1.29, 1.82) is 0 Å². The minimum Gasteiger partial charge on any atom is -0.467 e. The second kappa shape index (κ2) is 13.9. The van der Waals surface area contributed by atoms with Crippen LogP contribution in [0.15, 0.2) is 54.6 Å². The Bertz CT molecular complexity index is 852. The second-order valence-electron chi connectivity index (χ2n) is 7.63. The van der Waals surface area contributed by atoms with Crippen molar-refractivity contribution in [1.82, 2.24) is 10.6 Å². The zero-order valence-corrected chi connectivity index (χ0v) is 18.8. The molecular weight excluding hydrogens is 408 g/mol. The summed E-state index contributed by atoms with van der Waals surface area (Å²) in [5, 5.41) is 5.47. The summed E-state index contributed by atoms with van der Waals surface area (Å²) in [5.74, 6) is -0.653. The Kier molecular flexibility index (Phi) is 10.8. The molecule has 2 aromatic carbocycles. The van der Waals surface area contributed by atoms with Crippen LogP contribution in [0.3, 0.4) is 0 Å². The molecule has 0 aliphatic heterocycles. The van der Waals surface area contributed by atoms with Crippen LogP contribution in [-0.4, -0.2) is 37.7 Å². The van der Waals surface area contributed by atoms with Crippen molar-refractivity contribution < 1.29 is 23.9 Å². The van der Waals surface area contributed by atoms with E-state index in [9.17, 15) is 14.4 Å². The van der Waals surface area contributed by atoms with Crippen LogP contribution in [0.25, 0.3) is 0 Å². The molecule has 2 aromatic rings. The third-order valence-electron chi connectivity index (χ3n) is 4.94. The molecule has 2 amide bonds. The standard InChI is InChI=1S/C25H32N2O5/c1-19-12-14-20(15-13-19)17-22(24(29)31-2)27-23(28)11-7-4-8-16-26-25(30)32-18-21-9-5-3-6-10-21/h3,5-6,9-10,12-15,22H,4,7-8,11,16-18H2,1-2H3,(H,26,30)(H,27,28)/t22-/m0/s1. The molecule has 0 fully saturated rings. The molecule has 172 valence electrons. The van der Waals surface area contributed by atoms with Gasteiger partial charge < -0.3 is 20.1 Å². The summed E-state index contributed by atoms with van der Waals surface area (Å²) in [5.41, 5.74) is 3.02. The SMILES string of the molecule is COC(=O)[C@H](Cc1ccc(C)cc1)NC(=O)CCCCCNC(=O)OCc1ccccc1. The van der Waals surface area contributed by atoms with Crippen molar-refractivity contribution in [3.05, 3.63) is 71.3 Å². The number of nitrogens with one attached hydrogen (secondary N) is 2. The topological polar surface area (TPSA) is 93.7 Å². The fourth-order valence-corrected chi connectivity index (χ4v) is 3.11. The van der Waals surface area contributed by atoms with Crippen molar-refractivity contribution in [3.63, 3.8) is 0 Å². The third-order valence-corrected chi connectivity index (χ3v) is 4.94. The summed E-state index contributed by atoms with van der Waals surface area (Å²) in [6.45, 7) is 2.71. The van der Waals surface area contributed by atoms with Gasteiger partial charge in [0.05, 0.1) is 7.11 Å². The van der Waals surface area contributed by atoms with E-state index < -0.39 is 18.1 Å². The van der Waals surface area contributed by atoms with Gasteiger partial charge in [0.1, 0.15) is 12.6 Å². The van der Waals surface area contributed by atoms with Gasteiger partial charge in [0.15, 0.2) is 0 Å². The Labute approximate surface area is 189 Å². The van der Waals surface area contributed by atoms with E-state index in [2.05, 4.69) is 10.6 Å². The van der Waals surface area contributed by atoms with Gasteiger partial charge >= 0.3 is 12.1 Å². The third kappa shape index (κ3) is 9.64. The highest BCUT2D eigenvalue weighted by atomic mass is 16.5. The Hall–Kier alpha value is -3.35. The maximum Gasteiger partial charge on any atom is 0.407 e. The van der Waals surface area contributed by atoms with E-state index in [1.165, 1.54) is 7.11 Å². The van der Waals surface area contributed by atoms with Crippen molar-refractivity contribution in [2.24, 2.45) is 0 Å². The van der Waals surface area contributed by atoms with Crippen LogP contribution in [0.1, 0.15) is 42.4 Å². The minimum atomic E-state index is -0.712. The number of hydrogen-bond acceptors (Lipinski definition) is 5. The van der Waals surface area contributed by atoms with Gasteiger partial charge in [-0.25, -0.2) is 9.59 Å². The number of hydrogen-bond donors (Lipinski definition) is 2. The quantitative estimate of drug-likeness (QED) is 0.388. The number of rotatable bonds is 12. The largest absolute Gasteiger partial charge is 0.467 e. The number of methoxy groups -OCH3 is 1. The molecule has 0 saturated carbocycles. The number of amides is 2. The Morgan fingerprint density at radius 3 is 2.31 bits per heavy atom. The van der Waals surface area contributed by atoms with Crippen molar-refractivity contribution >= 4 is 18.0 Å². The predicted octanol–water partition coefficient (Wildman–Crippen LogP) is 3.68. The number of ether oxygens (including phenoxy) is 2. The smallest absolute Gasteiger partial charge is 0.407 e. The number of unbranched alkanes of at least 4 members (excludes halogenated alkanes) is 2. The fourth-order valence-electron chi connectivity index (χ4n) is 3.11. The molecule has 0 saturated heterocycles. The first kappa shape index (κ1) is 24.9. The highest BCUT2D eigenvalue weighted by molar-refractivity contribution is 5.84. The fraction of sp³-hybridized carbons (Fsp3) is 0.400. The molecule has 0 aromatic heterocycles. The van der Waals surface area contributed by atoms with Crippen molar-refractivity contribution in [3.8, 4) is 0 Å². The first-order chi connectivity index (χ1) is 15.5. The second-order valence-corrected chi connectivity index (χ2v) is 7.63. The van der Waals surface area contributed by atoms with Crippen molar-refractivity contribution in [2.45, 2.75) is 51.7 Å². The molecule has 0 aliphatic carbocycles. The molecule has 0 spiro atoms. The van der Waals surface area contributed by atoms with Crippen LogP contribution >= 0.6 is 0 Å². The lowest BCUT2D eigenvalue weighted by molar-refractivity contribution is -0.145.